The van der Waals surface area contributed by atoms with Crippen molar-refractivity contribution < 1.29 is 0 Å². The Morgan fingerprint density at radius 1 is 1.14 bits per heavy atom. The maximum atomic E-state index is 3.32. The fraction of sp³-hybridized carbons (Fsp3) is 1.00. The molecule has 0 aromatic heterocycles. The zero-order valence-electron chi connectivity index (χ0n) is 9.63. The normalized spacial score (nSPS) is 35.6. The highest BCUT2D eigenvalue weighted by molar-refractivity contribution is 4.91. The molecule has 1 N–H and O–H groups in total. The first-order valence-corrected chi connectivity index (χ1v) is 6.20. The van der Waals surface area contributed by atoms with E-state index in [0.29, 0.717) is 0 Å². The lowest BCUT2D eigenvalue weighted by atomic mass is 9.77. The summed E-state index contributed by atoms with van der Waals surface area (Å²) in [6, 6.07) is 0.912. The number of nitrogens with one attached hydrogen (secondary N) is 1. The molecule has 0 spiro atoms. The third-order valence-corrected chi connectivity index (χ3v) is 4.13. The quantitative estimate of drug-likeness (QED) is 0.739. The van der Waals surface area contributed by atoms with E-state index in [0.717, 1.165) is 17.9 Å². The van der Waals surface area contributed by atoms with Crippen LogP contribution in [0.25, 0.3) is 0 Å². The van der Waals surface area contributed by atoms with E-state index < -0.39 is 0 Å². The number of likely N-dealkylation sites (tertiary alicyclic amines) is 1. The summed E-state index contributed by atoms with van der Waals surface area (Å²) in [5, 5.41) is 3.32. The van der Waals surface area contributed by atoms with E-state index in [2.05, 4.69) is 24.2 Å². The maximum Gasteiger partial charge on any atom is 0.0136 e. The average Bonchev–Trinajstić information content (AvgIpc) is 2.16. The largest absolute Gasteiger partial charge is 0.319 e. The van der Waals surface area contributed by atoms with Crippen molar-refractivity contribution in [1.82, 2.24) is 10.2 Å². The maximum absolute atomic E-state index is 3.32. The van der Waals surface area contributed by atoms with Gasteiger partial charge in [0, 0.05) is 6.04 Å². The van der Waals surface area contributed by atoms with Gasteiger partial charge in [0.15, 0.2) is 0 Å². The fourth-order valence-corrected chi connectivity index (χ4v) is 2.89. The summed E-state index contributed by atoms with van der Waals surface area (Å²) in [5.74, 6) is 1.91. The van der Waals surface area contributed by atoms with Crippen molar-refractivity contribution >= 4 is 0 Å². The van der Waals surface area contributed by atoms with Crippen molar-refractivity contribution in [3.63, 3.8) is 0 Å². The summed E-state index contributed by atoms with van der Waals surface area (Å²) in [7, 11) is 2.08. The molecular formula is C12H24N2. The van der Waals surface area contributed by atoms with Crippen LogP contribution in [0.5, 0.6) is 0 Å². The highest BCUT2D eigenvalue weighted by Crippen LogP contribution is 2.33. The fourth-order valence-electron chi connectivity index (χ4n) is 2.89. The Bertz CT molecular complexity index is 173. The molecule has 2 atom stereocenters. The van der Waals surface area contributed by atoms with Crippen LogP contribution in [0.2, 0.25) is 0 Å². The summed E-state index contributed by atoms with van der Waals surface area (Å²) in [6.07, 6.45) is 5.73. The monoisotopic (exact) mass is 196 g/mol. The number of piperidine rings is 1. The van der Waals surface area contributed by atoms with Gasteiger partial charge in [0.2, 0.25) is 0 Å². The second-order valence-electron chi connectivity index (χ2n) is 5.18. The Morgan fingerprint density at radius 2 is 1.86 bits per heavy atom. The first-order chi connectivity index (χ1) is 6.81. The lowest BCUT2D eigenvalue weighted by molar-refractivity contribution is 0.0374. The Labute approximate surface area is 88.1 Å². The number of hydrogen-bond acceptors (Lipinski definition) is 2. The van der Waals surface area contributed by atoms with Gasteiger partial charge in [-0.15, -0.1) is 0 Å². The van der Waals surface area contributed by atoms with Crippen molar-refractivity contribution in [3.05, 3.63) is 0 Å². The smallest absolute Gasteiger partial charge is 0.0136 e. The zero-order chi connectivity index (χ0) is 9.97. The molecule has 2 heteroatoms. The predicted molar refractivity (Wildman–Crippen MR) is 60.4 cm³/mol. The molecule has 2 rings (SSSR count). The van der Waals surface area contributed by atoms with Gasteiger partial charge in [0.05, 0.1) is 0 Å². The second-order valence-corrected chi connectivity index (χ2v) is 5.18. The predicted octanol–water partition coefficient (Wildman–Crippen LogP) is 1.72. The van der Waals surface area contributed by atoms with Gasteiger partial charge in [0.1, 0.15) is 0 Å². The standard InChI is InChI=1S/C12H24N2/c1-10-5-7-14(8-6-10)12-4-3-11(12)9-13-2/h10-13H,3-9H2,1-2H3. The van der Waals surface area contributed by atoms with Crippen LogP contribution in [0, 0.1) is 11.8 Å². The molecule has 1 saturated carbocycles. The minimum Gasteiger partial charge on any atom is -0.319 e. The van der Waals surface area contributed by atoms with Gasteiger partial charge < -0.3 is 10.2 Å². The van der Waals surface area contributed by atoms with Crippen LogP contribution in [0.4, 0.5) is 0 Å². The minimum absolute atomic E-state index is 0.912. The van der Waals surface area contributed by atoms with Crippen molar-refractivity contribution in [1.29, 1.82) is 0 Å². The second kappa shape index (κ2) is 4.63. The van der Waals surface area contributed by atoms with Crippen molar-refractivity contribution in [2.45, 2.75) is 38.6 Å². The highest BCUT2D eigenvalue weighted by Gasteiger charge is 2.35. The van der Waals surface area contributed by atoms with E-state index in [1.807, 2.05) is 0 Å². The van der Waals surface area contributed by atoms with Crippen LogP contribution in [-0.4, -0.2) is 37.6 Å². The van der Waals surface area contributed by atoms with Gasteiger partial charge in [-0.2, -0.15) is 0 Å². The summed E-state index contributed by atoms with van der Waals surface area (Å²) in [4.78, 5) is 2.74. The van der Waals surface area contributed by atoms with Crippen LogP contribution < -0.4 is 5.32 Å². The molecule has 1 saturated heterocycles. The van der Waals surface area contributed by atoms with Gasteiger partial charge in [-0.05, 0) is 64.2 Å². The topological polar surface area (TPSA) is 15.3 Å². The van der Waals surface area contributed by atoms with Crippen LogP contribution in [0.15, 0.2) is 0 Å². The molecule has 1 aliphatic carbocycles. The molecule has 0 aromatic rings. The van der Waals surface area contributed by atoms with Crippen molar-refractivity contribution in [3.8, 4) is 0 Å². The van der Waals surface area contributed by atoms with E-state index in [9.17, 15) is 0 Å². The molecule has 2 unspecified atom stereocenters. The van der Waals surface area contributed by atoms with E-state index in [1.54, 1.807) is 0 Å². The molecular weight excluding hydrogens is 172 g/mol. The molecule has 1 heterocycles. The highest BCUT2D eigenvalue weighted by atomic mass is 15.2. The molecule has 0 radical (unpaired) electrons. The first kappa shape index (κ1) is 10.4. The Hall–Kier alpha value is -0.0800. The number of nitrogens with zero attached hydrogens (tertiary/aromatic N) is 1. The molecule has 1 aliphatic heterocycles. The first-order valence-electron chi connectivity index (χ1n) is 6.20. The summed E-state index contributed by atoms with van der Waals surface area (Å²) < 4.78 is 0. The molecule has 2 aliphatic rings. The lowest BCUT2D eigenvalue weighted by Crippen LogP contribution is -2.52. The summed E-state index contributed by atoms with van der Waals surface area (Å²) in [5.41, 5.74) is 0. The number of rotatable bonds is 3. The molecule has 14 heavy (non-hydrogen) atoms. The van der Waals surface area contributed by atoms with Gasteiger partial charge in [-0.25, -0.2) is 0 Å². The average molecular weight is 196 g/mol. The Kier molecular flexibility index (Phi) is 3.45. The lowest BCUT2D eigenvalue weighted by Gasteiger charge is -2.47. The van der Waals surface area contributed by atoms with Crippen molar-refractivity contribution in [2.75, 3.05) is 26.7 Å². The molecule has 2 fully saturated rings. The molecule has 2 nitrogen and oxygen atoms in total. The Balaban J connectivity index is 1.78. The van der Waals surface area contributed by atoms with Gasteiger partial charge >= 0.3 is 0 Å². The van der Waals surface area contributed by atoms with E-state index in [1.165, 1.54) is 45.3 Å². The van der Waals surface area contributed by atoms with E-state index in [4.69, 9.17) is 0 Å². The zero-order valence-corrected chi connectivity index (χ0v) is 9.63. The van der Waals surface area contributed by atoms with Gasteiger partial charge in [-0.1, -0.05) is 6.92 Å². The third-order valence-electron chi connectivity index (χ3n) is 4.13. The van der Waals surface area contributed by atoms with Crippen molar-refractivity contribution in [2.24, 2.45) is 11.8 Å². The molecule has 0 amide bonds. The van der Waals surface area contributed by atoms with Crippen LogP contribution in [-0.2, 0) is 0 Å². The molecule has 0 aromatic carbocycles. The summed E-state index contributed by atoms with van der Waals surface area (Å²) in [6.45, 7) is 6.32. The van der Waals surface area contributed by atoms with E-state index >= 15 is 0 Å². The molecule has 0 bridgehead atoms. The Morgan fingerprint density at radius 3 is 2.36 bits per heavy atom. The van der Waals surface area contributed by atoms with Crippen LogP contribution in [0.1, 0.15) is 32.6 Å². The van der Waals surface area contributed by atoms with Gasteiger partial charge in [-0.3, -0.25) is 0 Å². The SMILES string of the molecule is CNCC1CCC1N1CCC(C)CC1. The van der Waals surface area contributed by atoms with E-state index in [-0.39, 0.29) is 0 Å². The third kappa shape index (κ3) is 2.12. The van der Waals surface area contributed by atoms with Crippen LogP contribution in [0.3, 0.4) is 0 Å². The van der Waals surface area contributed by atoms with Gasteiger partial charge in [0.25, 0.3) is 0 Å². The van der Waals surface area contributed by atoms with Crippen LogP contribution >= 0.6 is 0 Å². The molecule has 82 valence electrons. The number of hydrogen-bond donors (Lipinski definition) is 1. The summed E-state index contributed by atoms with van der Waals surface area (Å²) >= 11 is 0. The minimum atomic E-state index is 0.912.